The van der Waals surface area contributed by atoms with Crippen LogP contribution < -0.4 is 5.32 Å². The zero-order valence-corrected chi connectivity index (χ0v) is 12.5. The lowest BCUT2D eigenvalue weighted by Gasteiger charge is -2.13. The molecule has 0 fully saturated rings. The Morgan fingerprint density at radius 1 is 1.37 bits per heavy atom. The van der Waals surface area contributed by atoms with Crippen molar-refractivity contribution < 1.29 is 0 Å². The largest absolute Gasteiger partial charge is 0.307 e. The fourth-order valence-corrected chi connectivity index (χ4v) is 3.99. The first kappa shape index (κ1) is 12.8. The van der Waals surface area contributed by atoms with E-state index in [2.05, 4.69) is 17.3 Å². The molecule has 102 valence electrons. The van der Waals surface area contributed by atoms with Crippen LogP contribution in [0.25, 0.3) is 0 Å². The summed E-state index contributed by atoms with van der Waals surface area (Å²) in [6.07, 6.45) is 6.90. The second-order valence-electron chi connectivity index (χ2n) is 5.16. The van der Waals surface area contributed by atoms with Crippen LogP contribution in [-0.4, -0.2) is 21.8 Å². The van der Waals surface area contributed by atoms with Gasteiger partial charge in [-0.3, -0.25) is 4.68 Å². The molecular formula is C14H20N4S. The van der Waals surface area contributed by atoms with Crippen LogP contribution in [0.3, 0.4) is 0 Å². The summed E-state index contributed by atoms with van der Waals surface area (Å²) in [6.45, 7) is 2.11. The van der Waals surface area contributed by atoms with Gasteiger partial charge in [0.2, 0.25) is 0 Å². The van der Waals surface area contributed by atoms with Crippen molar-refractivity contribution in [2.75, 3.05) is 7.05 Å². The highest BCUT2D eigenvalue weighted by molar-refractivity contribution is 7.11. The zero-order chi connectivity index (χ0) is 13.4. The Kier molecular flexibility index (Phi) is 3.41. The van der Waals surface area contributed by atoms with E-state index in [9.17, 15) is 0 Å². The molecule has 0 spiro atoms. The Bertz CT molecular complexity index is 561. The predicted molar refractivity (Wildman–Crippen MR) is 77.6 cm³/mol. The maximum atomic E-state index is 4.87. The Balaban J connectivity index is 1.98. The van der Waals surface area contributed by atoms with Crippen molar-refractivity contribution in [2.24, 2.45) is 7.05 Å². The molecule has 0 bridgehead atoms. The van der Waals surface area contributed by atoms with Gasteiger partial charge in [0, 0.05) is 23.2 Å². The van der Waals surface area contributed by atoms with Crippen molar-refractivity contribution in [3.05, 3.63) is 33.0 Å². The van der Waals surface area contributed by atoms with Crippen LogP contribution in [0.2, 0.25) is 0 Å². The van der Waals surface area contributed by atoms with E-state index in [1.165, 1.54) is 46.1 Å². The molecule has 2 aromatic rings. The van der Waals surface area contributed by atoms with Gasteiger partial charge in [-0.05, 0) is 39.7 Å². The summed E-state index contributed by atoms with van der Waals surface area (Å²) < 4.78 is 1.92. The molecule has 1 atom stereocenters. The van der Waals surface area contributed by atoms with E-state index in [1.54, 1.807) is 0 Å². The molecule has 2 aromatic heterocycles. The smallest absolute Gasteiger partial charge is 0.115 e. The predicted octanol–water partition coefficient (Wildman–Crippen LogP) is 2.37. The Morgan fingerprint density at radius 2 is 2.16 bits per heavy atom. The summed E-state index contributed by atoms with van der Waals surface area (Å²) in [7, 11) is 3.98. The van der Waals surface area contributed by atoms with Crippen molar-refractivity contribution in [1.82, 2.24) is 20.1 Å². The molecule has 0 saturated heterocycles. The molecule has 0 radical (unpaired) electrons. The average Bonchev–Trinajstić information content (AvgIpc) is 2.98. The zero-order valence-electron chi connectivity index (χ0n) is 11.7. The molecule has 1 aliphatic carbocycles. The fourth-order valence-electron chi connectivity index (χ4n) is 2.71. The number of nitrogens with one attached hydrogen (secondary N) is 1. The van der Waals surface area contributed by atoms with Crippen molar-refractivity contribution >= 4 is 11.3 Å². The van der Waals surface area contributed by atoms with Crippen molar-refractivity contribution in [1.29, 1.82) is 0 Å². The molecule has 19 heavy (non-hydrogen) atoms. The highest BCUT2D eigenvalue weighted by Gasteiger charge is 2.23. The first-order chi connectivity index (χ1) is 9.20. The van der Waals surface area contributed by atoms with Crippen LogP contribution in [0.1, 0.15) is 45.7 Å². The van der Waals surface area contributed by atoms with Gasteiger partial charge in [-0.1, -0.05) is 0 Å². The maximum Gasteiger partial charge on any atom is 0.115 e. The third-order valence-electron chi connectivity index (χ3n) is 3.98. The normalized spacial score (nSPS) is 16.4. The van der Waals surface area contributed by atoms with Gasteiger partial charge in [-0.2, -0.15) is 5.10 Å². The second-order valence-corrected chi connectivity index (χ2v) is 6.27. The van der Waals surface area contributed by atoms with E-state index >= 15 is 0 Å². The third kappa shape index (κ3) is 2.21. The SMILES string of the molecule is CNC(c1nc2c(s1)CCCC2)c1cnn(C)c1C. The highest BCUT2D eigenvalue weighted by atomic mass is 32.1. The van der Waals surface area contributed by atoms with Crippen molar-refractivity contribution in [3.8, 4) is 0 Å². The van der Waals surface area contributed by atoms with E-state index in [0.29, 0.717) is 0 Å². The van der Waals surface area contributed by atoms with E-state index in [1.807, 2.05) is 36.3 Å². The molecule has 2 heterocycles. The molecule has 1 N–H and O–H groups in total. The van der Waals surface area contributed by atoms with Gasteiger partial charge < -0.3 is 5.32 Å². The van der Waals surface area contributed by atoms with Gasteiger partial charge >= 0.3 is 0 Å². The van der Waals surface area contributed by atoms with Gasteiger partial charge in [0.1, 0.15) is 5.01 Å². The number of rotatable bonds is 3. The van der Waals surface area contributed by atoms with Crippen LogP contribution in [0, 0.1) is 6.92 Å². The van der Waals surface area contributed by atoms with Crippen molar-refractivity contribution in [2.45, 2.75) is 38.6 Å². The lowest BCUT2D eigenvalue weighted by molar-refractivity contribution is 0.656. The highest BCUT2D eigenvalue weighted by Crippen LogP contribution is 2.33. The van der Waals surface area contributed by atoms with Gasteiger partial charge in [0.15, 0.2) is 0 Å². The lowest BCUT2D eigenvalue weighted by Crippen LogP contribution is -2.18. The molecule has 0 aromatic carbocycles. The summed E-state index contributed by atoms with van der Waals surface area (Å²) in [4.78, 5) is 6.36. The van der Waals surface area contributed by atoms with E-state index < -0.39 is 0 Å². The lowest BCUT2D eigenvalue weighted by atomic mass is 10.0. The molecule has 3 rings (SSSR count). The van der Waals surface area contributed by atoms with E-state index in [0.717, 1.165) is 6.42 Å². The molecule has 5 heteroatoms. The average molecular weight is 276 g/mol. The summed E-state index contributed by atoms with van der Waals surface area (Å²) in [5.74, 6) is 0. The number of hydrogen-bond donors (Lipinski definition) is 1. The summed E-state index contributed by atoms with van der Waals surface area (Å²) in [5.41, 5.74) is 3.76. The number of aromatic nitrogens is 3. The number of thiazole rings is 1. The summed E-state index contributed by atoms with van der Waals surface area (Å²) in [6, 6.07) is 0.171. The first-order valence-electron chi connectivity index (χ1n) is 6.85. The topological polar surface area (TPSA) is 42.7 Å². The minimum absolute atomic E-state index is 0.171. The van der Waals surface area contributed by atoms with E-state index in [4.69, 9.17) is 4.98 Å². The Labute approximate surface area is 117 Å². The molecule has 4 nitrogen and oxygen atoms in total. The van der Waals surface area contributed by atoms with Gasteiger partial charge in [-0.15, -0.1) is 11.3 Å². The second kappa shape index (κ2) is 5.06. The molecule has 1 aliphatic rings. The van der Waals surface area contributed by atoms with Gasteiger partial charge in [0.05, 0.1) is 17.9 Å². The Morgan fingerprint density at radius 3 is 2.79 bits per heavy atom. The number of fused-ring (bicyclic) bond motifs is 1. The quantitative estimate of drug-likeness (QED) is 0.936. The summed E-state index contributed by atoms with van der Waals surface area (Å²) >= 11 is 1.87. The molecule has 1 unspecified atom stereocenters. The minimum Gasteiger partial charge on any atom is -0.307 e. The van der Waals surface area contributed by atoms with Crippen LogP contribution in [0.5, 0.6) is 0 Å². The van der Waals surface area contributed by atoms with Gasteiger partial charge in [-0.25, -0.2) is 4.98 Å². The van der Waals surface area contributed by atoms with Crippen LogP contribution in [-0.2, 0) is 19.9 Å². The Hall–Kier alpha value is -1.20. The van der Waals surface area contributed by atoms with E-state index in [-0.39, 0.29) is 6.04 Å². The number of aryl methyl sites for hydroxylation is 3. The number of hydrogen-bond acceptors (Lipinski definition) is 4. The standard InChI is InChI=1S/C14H20N4S/c1-9-10(8-16-18(9)3)13(15-2)14-17-11-6-4-5-7-12(11)19-14/h8,13,15H,4-7H2,1-3H3. The molecule has 0 saturated carbocycles. The monoisotopic (exact) mass is 276 g/mol. The maximum absolute atomic E-state index is 4.87. The van der Waals surface area contributed by atoms with Crippen LogP contribution in [0.4, 0.5) is 0 Å². The van der Waals surface area contributed by atoms with Crippen LogP contribution >= 0.6 is 11.3 Å². The molecule has 0 aliphatic heterocycles. The third-order valence-corrected chi connectivity index (χ3v) is 5.20. The fraction of sp³-hybridized carbons (Fsp3) is 0.571. The number of nitrogens with zero attached hydrogens (tertiary/aromatic N) is 3. The first-order valence-corrected chi connectivity index (χ1v) is 7.66. The minimum atomic E-state index is 0.171. The molecule has 0 amide bonds. The van der Waals surface area contributed by atoms with Crippen LogP contribution in [0.15, 0.2) is 6.20 Å². The van der Waals surface area contributed by atoms with Gasteiger partial charge in [0.25, 0.3) is 0 Å². The summed E-state index contributed by atoms with van der Waals surface area (Å²) in [5, 5.41) is 8.92. The molecular weight excluding hydrogens is 256 g/mol. The van der Waals surface area contributed by atoms with Crippen molar-refractivity contribution in [3.63, 3.8) is 0 Å².